The fourth-order valence-corrected chi connectivity index (χ4v) is 4.23. The zero-order chi connectivity index (χ0) is 24.2. The van der Waals surface area contributed by atoms with E-state index in [4.69, 9.17) is 5.21 Å². The van der Waals surface area contributed by atoms with E-state index in [0.717, 1.165) is 34.3 Å². The largest absolute Gasteiger partial charge is 0.411 e. The fraction of sp³-hybridized carbons (Fsp3) is 0.185. The van der Waals surface area contributed by atoms with E-state index in [1.807, 2.05) is 56.3 Å². The number of nitrogens with one attached hydrogen (secondary N) is 1. The quantitative estimate of drug-likeness (QED) is 0.207. The molecule has 0 bridgehead atoms. The standard InChI is InChI=1S/C27H25F2N3O2/c1-17(2)26-25(27(33)30-14-19-9-11-22(28)23(29)12-19)21-10-8-20(15-31-34)13-24(21)32(26)16-18-6-4-3-5-7-18/h3-13,15,17,34H,14,16H2,1-2H3,(H,30,33). The second-order valence-corrected chi connectivity index (χ2v) is 8.44. The number of halogens is 2. The molecule has 34 heavy (non-hydrogen) atoms. The fourth-order valence-electron chi connectivity index (χ4n) is 4.23. The molecule has 1 amide bonds. The number of aromatic nitrogens is 1. The highest BCUT2D eigenvalue weighted by Gasteiger charge is 2.25. The highest BCUT2D eigenvalue weighted by molar-refractivity contribution is 6.09. The van der Waals surface area contributed by atoms with E-state index in [9.17, 15) is 13.6 Å². The number of rotatable bonds is 7. The second-order valence-electron chi connectivity index (χ2n) is 8.44. The summed E-state index contributed by atoms with van der Waals surface area (Å²) >= 11 is 0. The van der Waals surface area contributed by atoms with E-state index in [0.29, 0.717) is 23.2 Å². The molecule has 0 aliphatic rings. The van der Waals surface area contributed by atoms with Gasteiger partial charge in [0.25, 0.3) is 5.91 Å². The molecule has 3 aromatic carbocycles. The van der Waals surface area contributed by atoms with Crippen LogP contribution < -0.4 is 5.32 Å². The van der Waals surface area contributed by atoms with E-state index in [2.05, 4.69) is 15.0 Å². The Balaban J connectivity index is 1.80. The molecule has 0 fully saturated rings. The Hall–Kier alpha value is -4.00. The van der Waals surface area contributed by atoms with Crippen LogP contribution in [0.5, 0.6) is 0 Å². The van der Waals surface area contributed by atoms with Gasteiger partial charge in [-0.2, -0.15) is 0 Å². The van der Waals surface area contributed by atoms with Gasteiger partial charge in [0.05, 0.1) is 17.3 Å². The maximum Gasteiger partial charge on any atom is 0.254 e. The van der Waals surface area contributed by atoms with E-state index in [-0.39, 0.29) is 18.4 Å². The summed E-state index contributed by atoms with van der Waals surface area (Å²) in [7, 11) is 0. The lowest BCUT2D eigenvalue weighted by Crippen LogP contribution is -2.24. The average Bonchev–Trinajstić information content (AvgIpc) is 3.14. The van der Waals surface area contributed by atoms with Gasteiger partial charge in [-0.25, -0.2) is 8.78 Å². The third kappa shape index (κ3) is 4.69. The van der Waals surface area contributed by atoms with Crippen LogP contribution in [0.4, 0.5) is 8.78 Å². The van der Waals surface area contributed by atoms with Gasteiger partial charge in [0.15, 0.2) is 11.6 Å². The third-order valence-corrected chi connectivity index (χ3v) is 5.73. The van der Waals surface area contributed by atoms with Gasteiger partial charge in [-0.15, -0.1) is 0 Å². The van der Waals surface area contributed by atoms with Crippen molar-refractivity contribution in [3.05, 3.63) is 106 Å². The first-order valence-electron chi connectivity index (χ1n) is 11.0. The van der Waals surface area contributed by atoms with Gasteiger partial charge in [0.2, 0.25) is 0 Å². The molecule has 5 nitrogen and oxygen atoms in total. The number of hydrogen-bond donors (Lipinski definition) is 2. The molecule has 7 heteroatoms. The monoisotopic (exact) mass is 461 g/mol. The summed E-state index contributed by atoms with van der Waals surface area (Å²) in [5.74, 6) is -2.15. The Kier molecular flexibility index (Phi) is 6.72. The summed E-state index contributed by atoms with van der Waals surface area (Å²) in [5, 5.41) is 15.7. The number of nitrogens with zero attached hydrogens (tertiary/aromatic N) is 2. The second kappa shape index (κ2) is 9.87. The van der Waals surface area contributed by atoms with Crippen molar-refractivity contribution >= 4 is 23.0 Å². The van der Waals surface area contributed by atoms with Crippen LogP contribution in [0.1, 0.15) is 52.5 Å². The molecule has 0 saturated carbocycles. The lowest BCUT2D eigenvalue weighted by atomic mass is 10.0. The molecule has 0 aliphatic heterocycles. The topological polar surface area (TPSA) is 66.6 Å². The van der Waals surface area contributed by atoms with Gasteiger partial charge in [0.1, 0.15) is 0 Å². The third-order valence-electron chi connectivity index (χ3n) is 5.73. The van der Waals surface area contributed by atoms with Gasteiger partial charge in [0, 0.05) is 24.2 Å². The number of hydrogen-bond acceptors (Lipinski definition) is 3. The highest BCUT2D eigenvalue weighted by atomic mass is 19.2. The normalized spacial score (nSPS) is 11.6. The predicted molar refractivity (Wildman–Crippen MR) is 128 cm³/mol. The molecular formula is C27H25F2N3O2. The van der Waals surface area contributed by atoms with Crippen molar-refractivity contribution in [1.29, 1.82) is 0 Å². The Morgan fingerprint density at radius 1 is 1.03 bits per heavy atom. The Morgan fingerprint density at radius 3 is 2.47 bits per heavy atom. The summed E-state index contributed by atoms with van der Waals surface area (Å²) in [5.41, 5.74) is 4.48. The van der Waals surface area contributed by atoms with Crippen LogP contribution in [0, 0.1) is 11.6 Å². The SMILES string of the molecule is CC(C)c1c(C(=O)NCc2ccc(F)c(F)c2)c2ccc(C=NO)cc2n1Cc1ccccc1. The summed E-state index contributed by atoms with van der Waals surface area (Å²) < 4.78 is 29.0. The van der Waals surface area contributed by atoms with E-state index in [1.165, 1.54) is 12.3 Å². The molecule has 0 radical (unpaired) electrons. The summed E-state index contributed by atoms with van der Waals surface area (Å²) in [6.07, 6.45) is 1.34. The molecule has 174 valence electrons. The van der Waals surface area contributed by atoms with Crippen LogP contribution in [0.15, 0.2) is 71.9 Å². The van der Waals surface area contributed by atoms with Crippen LogP contribution in [-0.2, 0) is 13.1 Å². The number of oxime groups is 1. The van der Waals surface area contributed by atoms with E-state index in [1.54, 1.807) is 6.07 Å². The van der Waals surface area contributed by atoms with E-state index >= 15 is 0 Å². The maximum atomic E-state index is 13.6. The van der Waals surface area contributed by atoms with Gasteiger partial charge < -0.3 is 15.1 Å². The summed E-state index contributed by atoms with van der Waals surface area (Å²) in [4.78, 5) is 13.4. The zero-order valence-electron chi connectivity index (χ0n) is 18.9. The average molecular weight is 462 g/mol. The van der Waals surface area contributed by atoms with Crippen molar-refractivity contribution in [2.24, 2.45) is 5.16 Å². The molecule has 2 N–H and O–H groups in total. The lowest BCUT2D eigenvalue weighted by Gasteiger charge is -2.16. The molecule has 0 unspecified atom stereocenters. The highest BCUT2D eigenvalue weighted by Crippen LogP contribution is 2.33. The van der Waals surface area contributed by atoms with Crippen LogP contribution in [0.3, 0.4) is 0 Å². The van der Waals surface area contributed by atoms with E-state index < -0.39 is 11.6 Å². The Bertz CT molecular complexity index is 1360. The van der Waals surface area contributed by atoms with Gasteiger partial charge in [-0.05, 0) is 40.8 Å². The van der Waals surface area contributed by atoms with Gasteiger partial charge in [-0.3, -0.25) is 4.79 Å². The first-order valence-corrected chi connectivity index (χ1v) is 11.0. The molecule has 1 aromatic heterocycles. The van der Waals surface area contributed by atoms with Gasteiger partial charge >= 0.3 is 0 Å². The number of fused-ring (bicyclic) bond motifs is 1. The van der Waals surface area contributed by atoms with Crippen LogP contribution >= 0.6 is 0 Å². The van der Waals surface area contributed by atoms with Gasteiger partial charge in [-0.1, -0.05) is 67.5 Å². The van der Waals surface area contributed by atoms with Crippen molar-refractivity contribution in [2.75, 3.05) is 0 Å². The number of carbonyl (C=O) groups excluding carboxylic acids is 1. The van der Waals surface area contributed by atoms with Crippen molar-refractivity contribution in [3.63, 3.8) is 0 Å². The molecule has 1 heterocycles. The minimum atomic E-state index is -0.952. The molecule has 4 rings (SSSR count). The number of carbonyl (C=O) groups is 1. The Labute approximate surface area is 196 Å². The summed E-state index contributed by atoms with van der Waals surface area (Å²) in [6.45, 7) is 4.67. The predicted octanol–water partition coefficient (Wildman–Crippen LogP) is 5.83. The first kappa shape index (κ1) is 23.2. The zero-order valence-corrected chi connectivity index (χ0v) is 18.9. The molecule has 4 aromatic rings. The van der Waals surface area contributed by atoms with Crippen molar-refractivity contribution in [3.8, 4) is 0 Å². The van der Waals surface area contributed by atoms with Crippen LogP contribution in [0.25, 0.3) is 10.9 Å². The number of amides is 1. The summed E-state index contributed by atoms with van der Waals surface area (Å²) in [6, 6.07) is 19.0. The molecule has 0 atom stereocenters. The minimum Gasteiger partial charge on any atom is -0.411 e. The van der Waals surface area contributed by atoms with Crippen molar-refractivity contribution in [1.82, 2.24) is 9.88 Å². The molecule has 0 spiro atoms. The maximum absolute atomic E-state index is 13.6. The minimum absolute atomic E-state index is 0.0232. The van der Waals surface area contributed by atoms with Crippen molar-refractivity contribution < 1.29 is 18.8 Å². The smallest absolute Gasteiger partial charge is 0.254 e. The molecule has 0 saturated heterocycles. The Morgan fingerprint density at radius 2 is 1.79 bits per heavy atom. The molecular weight excluding hydrogens is 436 g/mol. The number of benzene rings is 3. The van der Waals surface area contributed by atoms with Crippen LogP contribution in [0.2, 0.25) is 0 Å². The van der Waals surface area contributed by atoms with Crippen LogP contribution in [-0.4, -0.2) is 21.9 Å². The molecule has 0 aliphatic carbocycles. The lowest BCUT2D eigenvalue weighted by molar-refractivity contribution is 0.0951. The van der Waals surface area contributed by atoms with Crippen molar-refractivity contribution in [2.45, 2.75) is 32.9 Å². The first-order chi connectivity index (χ1) is 16.4.